The van der Waals surface area contributed by atoms with E-state index in [-0.39, 0.29) is 19.1 Å². The number of hydrogen-bond acceptors (Lipinski definition) is 4. The van der Waals surface area contributed by atoms with Gasteiger partial charge in [0.05, 0.1) is 30.2 Å². The number of aliphatic hydroxyl groups is 1. The van der Waals surface area contributed by atoms with Crippen LogP contribution < -0.4 is 5.32 Å². The Morgan fingerprint density at radius 1 is 1.50 bits per heavy atom. The first-order valence-corrected chi connectivity index (χ1v) is 8.34. The van der Waals surface area contributed by atoms with Gasteiger partial charge in [-0.15, -0.1) is 0 Å². The highest BCUT2D eigenvalue weighted by molar-refractivity contribution is 6.30. The van der Waals surface area contributed by atoms with Gasteiger partial charge in [-0.3, -0.25) is 4.79 Å². The first kappa shape index (κ1) is 17.0. The van der Waals surface area contributed by atoms with Crippen LogP contribution in [0.2, 0.25) is 5.02 Å². The van der Waals surface area contributed by atoms with Crippen molar-refractivity contribution in [2.45, 2.75) is 18.9 Å². The van der Waals surface area contributed by atoms with Crippen molar-refractivity contribution < 1.29 is 14.6 Å². The van der Waals surface area contributed by atoms with Gasteiger partial charge in [-0.2, -0.15) is 5.10 Å². The number of amides is 1. The molecule has 7 heteroatoms. The van der Waals surface area contributed by atoms with Gasteiger partial charge in [0.1, 0.15) is 0 Å². The lowest BCUT2D eigenvalue weighted by molar-refractivity contribution is 0.0320. The third-order valence-corrected chi connectivity index (χ3v) is 4.01. The molecular weight excluding hydrogens is 330 g/mol. The maximum absolute atomic E-state index is 12.1. The highest BCUT2D eigenvalue weighted by Crippen LogP contribution is 2.28. The normalized spacial score (nSPS) is 15.2. The fourth-order valence-electron chi connectivity index (χ4n) is 2.23. The summed E-state index contributed by atoms with van der Waals surface area (Å²) in [6.45, 7) is 1.07. The van der Waals surface area contributed by atoms with E-state index in [1.807, 2.05) is 12.1 Å². The summed E-state index contributed by atoms with van der Waals surface area (Å²) in [5, 5.41) is 17.3. The molecule has 1 amide bonds. The molecule has 2 aromatic rings. The first-order chi connectivity index (χ1) is 11.6. The Kier molecular flexibility index (Phi) is 5.50. The largest absolute Gasteiger partial charge is 0.389 e. The van der Waals surface area contributed by atoms with Gasteiger partial charge >= 0.3 is 0 Å². The first-order valence-electron chi connectivity index (χ1n) is 7.96. The number of hydrogen-bond donors (Lipinski definition) is 2. The number of rotatable bonds is 8. The quantitative estimate of drug-likeness (QED) is 0.764. The second kappa shape index (κ2) is 7.79. The third kappa shape index (κ3) is 4.80. The maximum Gasteiger partial charge on any atom is 0.254 e. The lowest BCUT2D eigenvalue weighted by Gasteiger charge is -2.11. The van der Waals surface area contributed by atoms with Crippen molar-refractivity contribution in [2.24, 2.45) is 5.92 Å². The number of nitrogens with zero attached hydrogens (tertiary/aromatic N) is 2. The molecule has 128 valence electrons. The van der Waals surface area contributed by atoms with Crippen LogP contribution in [0.4, 0.5) is 0 Å². The summed E-state index contributed by atoms with van der Waals surface area (Å²) >= 11 is 5.95. The molecule has 1 fully saturated rings. The molecule has 0 aliphatic heterocycles. The number of benzene rings is 1. The monoisotopic (exact) mass is 349 g/mol. The highest BCUT2D eigenvalue weighted by Gasteiger charge is 2.21. The predicted octanol–water partition coefficient (Wildman–Crippen LogP) is 2.04. The van der Waals surface area contributed by atoms with Gasteiger partial charge in [-0.05, 0) is 37.0 Å². The molecule has 0 bridgehead atoms. The Bertz CT molecular complexity index is 700. The summed E-state index contributed by atoms with van der Waals surface area (Å²) in [5.41, 5.74) is 1.19. The standard InChI is InChI=1S/C17H20ClN3O3/c18-14-2-1-3-15(6-14)21-9-13(7-20-21)17(23)19-8-16(22)11-24-10-12-4-5-12/h1-3,6-7,9,12,16,22H,4-5,8,10-11H2,(H,19,23). The third-order valence-electron chi connectivity index (χ3n) is 3.78. The average Bonchev–Trinajstić information content (AvgIpc) is 3.25. The summed E-state index contributed by atoms with van der Waals surface area (Å²) in [7, 11) is 0. The minimum Gasteiger partial charge on any atom is -0.389 e. The molecule has 1 aromatic carbocycles. The van der Waals surface area contributed by atoms with Crippen LogP contribution in [0.25, 0.3) is 5.69 Å². The Balaban J connectivity index is 1.48. The van der Waals surface area contributed by atoms with Crippen molar-refractivity contribution in [3.63, 3.8) is 0 Å². The zero-order valence-corrected chi connectivity index (χ0v) is 13.9. The minimum atomic E-state index is -0.712. The number of carbonyl (C=O) groups excluding carboxylic acids is 1. The van der Waals surface area contributed by atoms with Crippen LogP contribution in [0.3, 0.4) is 0 Å². The van der Waals surface area contributed by atoms with Gasteiger partial charge in [0.15, 0.2) is 0 Å². The zero-order valence-electron chi connectivity index (χ0n) is 13.2. The van der Waals surface area contributed by atoms with E-state index < -0.39 is 6.10 Å². The van der Waals surface area contributed by atoms with E-state index >= 15 is 0 Å². The number of halogens is 1. The predicted molar refractivity (Wildman–Crippen MR) is 90.5 cm³/mol. The van der Waals surface area contributed by atoms with Crippen LogP contribution in [-0.2, 0) is 4.74 Å². The number of aliphatic hydroxyl groups excluding tert-OH is 1. The molecular formula is C17H20ClN3O3. The van der Waals surface area contributed by atoms with Gasteiger partial charge in [0.25, 0.3) is 5.91 Å². The van der Waals surface area contributed by atoms with Crippen molar-refractivity contribution in [1.29, 1.82) is 0 Å². The smallest absolute Gasteiger partial charge is 0.254 e. The number of carbonyl (C=O) groups is 1. The van der Waals surface area contributed by atoms with Crippen molar-refractivity contribution in [3.05, 3.63) is 47.2 Å². The van der Waals surface area contributed by atoms with Crippen LogP contribution in [0, 0.1) is 5.92 Å². The second-order valence-corrected chi connectivity index (χ2v) is 6.43. The van der Waals surface area contributed by atoms with Crippen molar-refractivity contribution >= 4 is 17.5 Å². The Hall–Kier alpha value is -1.89. The lowest BCUT2D eigenvalue weighted by Crippen LogP contribution is -2.34. The SMILES string of the molecule is O=C(NCC(O)COCC1CC1)c1cnn(-c2cccc(Cl)c2)c1. The van der Waals surface area contributed by atoms with Crippen LogP contribution in [0.1, 0.15) is 23.2 Å². The summed E-state index contributed by atoms with van der Waals surface area (Å²) in [4.78, 5) is 12.1. The van der Waals surface area contributed by atoms with E-state index in [1.165, 1.54) is 19.0 Å². The number of ether oxygens (including phenoxy) is 1. The van der Waals surface area contributed by atoms with E-state index in [9.17, 15) is 9.90 Å². The van der Waals surface area contributed by atoms with Gasteiger partial charge in [0.2, 0.25) is 0 Å². The molecule has 0 saturated heterocycles. The second-order valence-electron chi connectivity index (χ2n) is 6.00. The summed E-state index contributed by atoms with van der Waals surface area (Å²) in [5.74, 6) is 0.369. The van der Waals surface area contributed by atoms with Crippen molar-refractivity contribution in [3.8, 4) is 5.69 Å². The Labute approximate surface area is 145 Å². The van der Waals surface area contributed by atoms with Crippen LogP contribution in [0.5, 0.6) is 0 Å². The highest BCUT2D eigenvalue weighted by atomic mass is 35.5. The minimum absolute atomic E-state index is 0.145. The van der Waals surface area contributed by atoms with Crippen molar-refractivity contribution in [1.82, 2.24) is 15.1 Å². The van der Waals surface area contributed by atoms with E-state index in [0.29, 0.717) is 23.1 Å². The summed E-state index contributed by atoms with van der Waals surface area (Å²) < 4.78 is 6.98. The molecule has 1 heterocycles. The van der Waals surface area contributed by atoms with Crippen LogP contribution in [-0.4, -0.2) is 46.7 Å². The number of nitrogens with one attached hydrogen (secondary N) is 1. The van der Waals surface area contributed by atoms with E-state index in [1.54, 1.807) is 23.0 Å². The van der Waals surface area contributed by atoms with E-state index in [0.717, 1.165) is 5.69 Å². The summed E-state index contributed by atoms with van der Waals surface area (Å²) in [6, 6.07) is 7.20. The van der Waals surface area contributed by atoms with Gasteiger partial charge in [-0.25, -0.2) is 4.68 Å². The molecule has 6 nitrogen and oxygen atoms in total. The molecule has 1 atom stereocenters. The fraction of sp³-hybridized carbons (Fsp3) is 0.412. The van der Waals surface area contributed by atoms with Crippen LogP contribution >= 0.6 is 11.6 Å². The van der Waals surface area contributed by atoms with Crippen LogP contribution in [0.15, 0.2) is 36.7 Å². The van der Waals surface area contributed by atoms with Gasteiger partial charge in [0, 0.05) is 24.4 Å². The van der Waals surface area contributed by atoms with E-state index in [4.69, 9.17) is 16.3 Å². The maximum atomic E-state index is 12.1. The van der Waals surface area contributed by atoms with E-state index in [2.05, 4.69) is 10.4 Å². The lowest BCUT2D eigenvalue weighted by atomic mass is 10.3. The molecule has 1 unspecified atom stereocenters. The molecule has 0 radical (unpaired) electrons. The average molecular weight is 350 g/mol. The summed E-state index contributed by atoms with van der Waals surface area (Å²) in [6.07, 6.45) is 4.81. The zero-order chi connectivity index (χ0) is 16.9. The molecule has 1 aliphatic rings. The number of aromatic nitrogens is 2. The van der Waals surface area contributed by atoms with Crippen molar-refractivity contribution in [2.75, 3.05) is 19.8 Å². The molecule has 2 N–H and O–H groups in total. The van der Waals surface area contributed by atoms with Gasteiger partial charge in [-0.1, -0.05) is 17.7 Å². The molecule has 3 rings (SSSR count). The fourth-order valence-corrected chi connectivity index (χ4v) is 2.41. The molecule has 0 spiro atoms. The van der Waals surface area contributed by atoms with Gasteiger partial charge < -0.3 is 15.2 Å². The Morgan fingerprint density at radius 2 is 2.33 bits per heavy atom. The molecule has 1 saturated carbocycles. The molecule has 1 aromatic heterocycles. The topological polar surface area (TPSA) is 76.4 Å². The molecule has 24 heavy (non-hydrogen) atoms. The Morgan fingerprint density at radius 3 is 3.08 bits per heavy atom. The molecule has 1 aliphatic carbocycles.